The van der Waals surface area contributed by atoms with Gasteiger partial charge in [0.2, 0.25) is 5.91 Å². The zero-order chi connectivity index (χ0) is 14.5. The van der Waals surface area contributed by atoms with Gasteiger partial charge in [-0.25, -0.2) is 4.39 Å². The maximum Gasteiger partial charge on any atom is 0.227 e. The van der Waals surface area contributed by atoms with E-state index >= 15 is 0 Å². The largest absolute Gasteiger partial charge is 0.496 e. The summed E-state index contributed by atoms with van der Waals surface area (Å²) in [6.45, 7) is 6.43. The summed E-state index contributed by atoms with van der Waals surface area (Å²) in [6, 6.07) is 4.28. The molecule has 1 aliphatic heterocycles. The molecule has 1 aromatic rings. The van der Waals surface area contributed by atoms with E-state index in [-0.39, 0.29) is 18.1 Å². The number of ether oxygens (including phenoxy) is 1. The maximum absolute atomic E-state index is 13.3. The minimum atomic E-state index is -0.343. The molecular formula is C15H21FN2O2. The molecule has 1 amide bonds. The highest BCUT2D eigenvalue weighted by molar-refractivity contribution is 5.79. The summed E-state index contributed by atoms with van der Waals surface area (Å²) >= 11 is 0. The van der Waals surface area contributed by atoms with Crippen LogP contribution < -0.4 is 4.74 Å². The normalized spacial score (nSPS) is 16.2. The van der Waals surface area contributed by atoms with Gasteiger partial charge in [0.15, 0.2) is 0 Å². The Bertz CT molecular complexity index is 471. The number of rotatable bonds is 4. The molecule has 1 aliphatic rings. The molecule has 0 atom stereocenters. The predicted molar refractivity (Wildman–Crippen MR) is 75.4 cm³/mol. The molecule has 0 aromatic heterocycles. The van der Waals surface area contributed by atoms with Gasteiger partial charge in [-0.05, 0) is 24.7 Å². The quantitative estimate of drug-likeness (QED) is 0.839. The third-order valence-corrected chi connectivity index (χ3v) is 3.76. The van der Waals surface area contributed by atoms with Gasteiger partial charge in [-0.15, -0.1) is 0 Å². The second-order valence-electron chi connectivity index (χ2n) is 4.95. The fraction of sp³-hybridized carbons (Fsp3) is 0.533. The lowest BCUT2D eigenvalue weighted by Crippen LogP contribution is -2.48. The Hall–Kier alpha value is -1.62. The van der Waals surface area contributed by atoms with Crippen LogP contribution in [-0.4, -0.2) is 55.5 Å². The lowest BCUT2D eigenvalue weighted by Gasteiger charge is -2.34. The van der Waals surface area contributed by atoms with E-state index < -0.39 is 0 Å². The third kappa shape index (κ3) is 3.48. The lowest BCUT2D eigenvalue weighted by atomic mass is 10.1. The van der Waals surface area contributed by atoms with Crippen molar-refractivity contribution < 1.29 is 13.9 Å². The number of carbonyl (C=O) groups excluding carboxylic acids is 1. The summed E-state index contributed by atoms with van der Waals surface area (Å²) in [5, 5.41) is 0. The number of carbonyl (C=O) groups is 1. The Morgan fingerprint density at radius 1 is 1.30 bits per heavy atom. The average molecular weight is 280 g/mol. The molecular weight excluding hydrogens is 259 g/mol. The van der Waals surface area contributed by atoms with E-state index in [9.17, 15) is 9.18 Å². The van der Waals surface area contributed by atoms with Crippen molar-refractivity contribution in [1.82, 2.24) is 9.80 Å². The number of halogens is 1. The molecule has 0 N–H and O–H groups in total. The van der Waals surface area contributed by atoms with Crippen molar-refractivity contribution in [1.29, 1.82) is 0 Å². The fourth-order valence-electron chi connectivity index (χ4n) is 2.47. The van der Waals surface area contributed by atoms with E-state index in [0.29, 0.717) is 11.3 Å². The molecule has 5 heteroatoms. The molecule has 1 aromatic carbocycles. The van der Waals surface area contributed by atoms with Crippen LogP contribution in [0.1, 0.15) is 12.5 Å². The van der Waals surface area contributed by atoms with Crippen molar-refractivity contribution in [2.24, 2.45) is 0 Å². The summed E-state index contributed by atoms with van der Waals surface area (Å²) < 4.78 is 18.5. The molecule has 0 spiro atoms. The van der Waals surface area contributed by atoms with Crippen LogP contribution in [0.5, 0.6) is 5.75 Å². The third-order valence-electron chi connectivity index (χ3n) is 3.76. The van der Waals surface area contributed by atoms with Crippen LogP contribution >= 0.6 is 0 Å². The van der Waals surface area contributed by atoms with Crippen molar-refractivity contribution in [2.75, 3.05) is 39.8 Å². The molecule has 1 heterocycles. The van der Waals surface area contributed by atoms with E-state index in [4.69, 9.17) is 4.74 Å². The summed E-state index contributed by atoms with van der Waals surface area (Å²) in [5.41, 5.74) is 0.607. The molecule has 1 saturated heterocycles. The van der Waals surface area contributed by atoms with Crippen molar-refractivity contribution in [3.05, 3.63) is 29.6 Å². The Morgan fingerprint density at radius 3 is 2.60 bits per heavy atom. The molecule has 0 radical (unpaired) electrons. The zero-order valence-electron chi connectivity index (χ0n) is 12.1. The average Bonchev–Trinajstić information content (AvgIpc) is 2.47. The van der Waals surface area contributed by atoms with Crippen LogP contribution in [0.2, 0.25) is 0 Å². The van der Waals surface area contributed by atoms with Gasteiger partial charge in [0.05, 0.1) is 13.5 Å². The second-order valence-corrected chi connectivity index (χ2v) is 4.95. The van der Waals surface area contributed by atoms with Crippen LogP contribution in [-0.2, 0) is 11.2 Å². The molecule has 4 nitrogen and oxygen atoms in total. The molecule has 0 unspecified atom stereocenters. The van der Waals surface area contributed by atoms with Crippen LogP contribution in [0.4, 0.5) is 4.39 Å². The summed E-state index contributed by atoms with van der Waals surface area (Å²) in [4.78, 5) is 16.4. The smallest absolute Gasteiger partial charge is 0.227 e. The minimum Gasteiger partial charge on any atom is -0.496 e. The van der Waals surface area contributed by atoms with Gasteiger partial charge in [-0.3, -0.25) is 4.79 Å². The minimum absolute atomic E-state index is 0.0321. The van der Waals surface area contributed by atoms with E-state index in [1.807, 2.05) is 4.90 Å². The van der Waals surface area contributed by atoms with Crippen LogP contribution in [0, 0.1) is 5.82 Å². The number of piperazine rings is 1. The number of likely N-dealkylation sites (N-methyl/N-ethyl adjacent to an activating group) is 1. The van der Waals surface area contributed by atoms with Gasteiger partial charge in [-0.2, -0.15) is 0 Å². The van der Waals surface area contributed by atoms with E-state index in [1.54, 1.807) is 6.07 Å². The van der Waals surface area contributed by atoms with Gasteiger partial charge in [-0.1, -0.05) is 6.92 Å². The Kier molecular flexibility index (Phi) is 4.95. The number of nitrogens with zero attached hydrogens (tertiary/aromatic N) is 2. The first kappa shape index (κ1) is 14.8. The van der Waals surface area contributed by atoms with Gasteiger partial charge in [0, 0.05) is 31.7 Å². The van der Waals surface area contributed by atoms with Gasteiger partial charge in [0.25, 0.3) is 0 Å². The van der Waals surface area contributed by atoms with Crippen LogP contribution in [0.3, 0.4) is 0 Å². The maximum atomic E-state index is 13.3. The standard InChI is InChI=1S/C15H21FN2O2/c1-3-17-6-8-18(9-7-17)15(19)11-12-10-13(16)4-5-14(12)20-2/h4-5,10H,3,6-9,11H2,1-2H3. The molecule has 1 fully saturated rings. The molecule has 20 heavy (non-hydrogen) atoms. The highest BCUT2D eigenvalue weighted by Gasteiger charge is 2.21. The van der Waals surface area contributed by atoms with E-state index in [1.165, 1.54) is 19.2 Å². The van der Waals surface area contributed by atoms with Gasteiger partial charge < -0.3 is 14.5 Å². The van der Waals surface area contributed by atoms with Crippen LogP contribution in [0.25, 0.3) is 0 Å². The van der Waals surface area contributed by atoms with Crippen molar-refractivity contribution >= 4 is 5.91 Å². The topological polar surface area (TPSA) is 32.8 Å². The number of methoxy groups -OCH3 is 1. The first-order valence-electron chi connectivity index (χ1n) is 6.96. The van der Waals surface area contributed by atoms with Crippen molar-refractivity contribution in [3.63, 3.8) is 0 Å². The zero-order valence-corrected chi connectivity index (χ0v) is 12.1. The summed E-state index contributed by atoms with van der Waals surface area (Å²) in [7, 11) is 1.53. The summed E-state index contributed by atoms with van der Waals surface area (Å²) in [5.74, 6) is 0.251. The number of amides is 1. The van der Waals surface area contributed by atoms with E-state index in [0.717, 1.165) is 32.7 Å². The highest BCUT2D eigenvalue weighted by Crippen LogP contribution is 2.20. The Morgan fingerprint density at radius 2 is 2.00 bits per heavy atom. The number of hydrogen-bond acceptors (Lipinski definition) is 3. The van der Waals surface area contributed by atoms with Gasteiger partial charge >= 0.3 is 0 Å². The predicted octanol–water partition coefficient (Wildman–Crippen LogP) is 1.54. The first-order valence-corrected chi connectivity index (χ1v) is 6.96. The molecule has 0 saturated carbocycles. The fourth-order valence-corrected chi connectivity index (χ4v) is 2.47. The molecule has 0 bridgehead atoms. The Balaban J connectivity index is 1.99. The highest BCUT2D eigenvalue weighted by atomic mass is 19.1. The molecule has 2 rings (SSSR count). The number of benzene rings is 1. The summed E-state index contributed by atoms with van der Waals surface area (Å²) in [6.07, 6.45) is 0.188. The van der Waals surface area contributed by atoms with Crippen molar-refractivity contribution in [2.45, 2.75) is 13.3 Å². The Labute approximate surface area is 119 Å². The second kappa shape index (κ2) is 6.70. The first-order chi connectivity index (χ1) is 9.63. The molecule has 110 valence electrons. The lowest BCUT2D eigenvalue weighted by molar-refractivity contribution is -0.132. The van der Waals surface area contributed by atoms with Gasteiger partial charge in [0.1, 0.15) is 11.6 Å². The van der Waals surface area contributed by atoms with E-state index in [2.05, 4.69) is 11.8 Å². The SMILES string of the molecule is CCN1CCN(C(=O)Cc2cc(F)ccc2OC)CC1. The van der Waals surface area contributed by atoms with Crippen molar-refractivity contribution in [3.8, 4) is 5.75 Å². The monoisotopic (exact) mass is 280 g/mol. The van der Waals surface area contributed by atoms with Crippen LogP contribution in [0.15, 0.2) is 18.2 Å². The number of hydrogen-bond donors (Lipinski definition) is 0. The molecule has 0 aliphatic carbocycles.